The summed E-state index contributed by atoms with van der Waals surface area (Å²) in [6, 6.07) is 11.1. The zero-order valence-corrected chi connectivity index (χ0v) is 9.88. The molecule has 5 nitrogen and oxygen atoms in total. The molecule has 1 aromatic carbocycles. The summed E-state index contributed by atoms with van der Waals surface area (Å²) in [4.78, 5) is 15.6. The van der Waals surface area contributed by atoms with Crippen molar-refractivity contribution in [2.75, 3.05) is 18.2 Å². The Labute approximate surface area is 105 Å². The second kappa shape index (κ2) is 5.18. The minimum absolute atomic E-state index is 0.292. The van der Waals surface area contributed by atoms with Crippen LogP contribution in [0.2, 0.25) is 0 Å². The highest BCUT2D eigenvalue weighted by atomic mass is 16.5. The molecule has 1 heterocycles. The van der Waals surface area contributed by atoms with Gasteiger partial charge in [-0.05, 0) is 18.2 Å². The maximum atomic E-state index is 11.5. The van der Waals surface area contributed by atoms with E-state index in [-0.39, 0.29) is 0 Å². The first-order chi connectivity index (χ1) is 8.70. The van der Waals surface area contributed by atoms with Crippen LogP contribution < -0.4 is 11.1 Å². The fourth-order valence-corrected chi connectivity index (χ4v) is 1.49. The van der Waals surface area contributed by atoms with Gasteiger partial charge in [0.05, 0.1) is 24.6 Å². The molecule has 0 amide bonds. The number of nitrogen functional groups attached to an aromatic ring is 1. The number of anilines is 3. The van der Waals surface area contributed by atoms with E-state index in [1.165, 1.54) is 13.3 Å². The van der Waals surface area contributed by atoms with Gasteiger partial charge in [-0.2, -0.15) is 0 Å². The molecule has 5 heteroatoms. The fraction of sp³-hybridized carbons (Fsp3) is 0.0769. The number of hydrogen-bond acceptors (Lipinski definition) is 5. The quantitative estimate of drug-likeness (QED) is 0.808. The van der Waals surface area contributed by atoms with E-state index in [9.17, 15) is 4.79 Å². The first-order valence-electron chi connectivity index (χ1n) is 5.36. The Morgan fingerprint density at radius 2 is 2.06 bits per heavy atom. The van der Waals surface area contributed by atoms with Crippen molar-refractivity contribution in [2.24, 2.45) is 0 Å². The number of carbonyl (C=O) groups is 1. The maximum Gasteiger partial charge on any atom is 0.340 e. The zero-order chi connectivity index (χ0) is 13.0. The molecular weight excluding hydrogens is 230 g/mol. The lowest BCUT2D eigenvalue weighted by atomic mass is 10.2. The number of nitrogens with two attached hydrogens (primary N) is 1. The molecule has 3 N–H and O–H groups in total. The molecule has 2 rings (SSSR count). The maximum absolute atomic E-state index is 11.5. The Morgan fingerprint density at radius 1 is 1.33 bits per heavy atom. The first-order valence-corrected chi connectivity index (χ1v) is 5.36. The van der Waals surface area contributed by atoms with Gasteiger partial charge in [-0.15, -0.1) is 0 Å². The van der Waals surface area contributed by atoms with E-state index in [2.05, 4.69) is 15.0 Å². The third-order valence-corrected chi connectivity index (χ3v) is 2.39. The summed E-state index contributed by atoms with van der Waals surface area (Å²) < 4.78 is 4.65. The summed E-state index contributed by atoms with van der Waals surface area (Å²) in [6.45, 7) is 0. The van der Waals surface area contributed by atoms with Crippen molar-refractivity contribution in [3.05, 3.63) is 48.2 Å². The molecule has 0 aliphatic carbocycles. The largest absolute Gasteiger partial charge is 0.465 e. The molecule has 0 fully saturated rings. The molecule has 92 valence electrons. The summed E-state index contributed by atoms with van der Waals surface area (Å²) >= 11 is 0. The average molecular weight is 243 g/mol. The minimum atomic E-state index is -0.481. The summed E-state index contributed by atoms with van der Waals surface area (Å²) in [5.41, 5.74) is 7.14. The Balaban J connectivity index is 2.27. The predicted octanol–water partition coefficient (Wildman–Crippen LogP) is 2.19. The number of pyridine rings is 1. The summed E-state index contributed by atoms with van der Waals surface area (Å²) in [7, 11) is 1.31. The standard InChI is InChI=1S/C13H13N3O2/c1-18-13(17)10-7-12(15-8-11(10)14)16-9-5-3-2-4-6-9/h2-8H,14H2,1H3,(H,15,16). The van der Waals surface area contributed by atoms with Crippen LogP contribution in [0.25, 0.3) is 0 Å². The average Bonchev–Trinajstić information content (AvgIpc) is 2.41. The number of para-hydroxylation sites is 1. The highest BCUT2D eigenvalue weighted by Crippen LogP contribution is 2.19. The summed E-state index contributed by atoms with van der Waals surface area (Å²) in [5.74, 6) is 0.0572. The van der Waals surface area contributed by atoms with Crippen LogP contribution in [0.1, 0.15) is 10.4 Å². The molecule has 0 radical (unpaired) electrons. The predicted molar refractivity (Wildman–Crippen MR) is 69.7 cm³/mol. The van der Waals surface area contributed by atoms with Crippen molar-refractivity contribution in [1.82, 2.24) is 4.98 Å². The third-order valence-electron chi connectivity index (χ3n) is 2.39. The van der Waals surface area contributed by atoms with Crippen molar-refractivity contribution in [2.45, 2.75) is 0 Å². The number of aromatic nitrogens is 1. The number of nitrogens with zero attached hydrogens (tertiary/aromatic N) is 1. The lowest BCUT2D eigenvalue weighted by Crippen LogP contribution is -2.07. The SMILES string of the molecule is COC(=O)c1cc(Nc2ccccc2)ncc1N. The fourth-order valence-electron chi connectivity index (χ4n) is 1.49. The molecule has 0 aliphatic rings. The molecule has 18 heavy (non-hydrogen) atoms. The number of esters is 1. The van der Waals surface area contributed by atoms with E-state index in [1.54, 1.807) is 6.07 Å². The number of rotatable bonds is 3. The minimum Gasteiger partial charge on any atom is -0.465 e. The number of nitrogens with one attached hydrogen (secondary N) is 1. The molecule has 0 spiro atoms. The van der Waals surface area contributed by atoms with Gasteiger partial charge in [0, 0.05) is 5.69 Å². The zero-order valence-electron chi connectivity index (χ0n) is 9.88. The summed E-state index contributed by atoms with van der Waals surface area (Å²) in [6.07, 6.45) is 1.43. The van der Waals surface area contributed by atoms with E-state index >= 15 is 0 Å². The third kappa shape index (κ3) is 2.57. The topological polar surface area (TPSA) is 77.2 Å². The molecule has 0 atom stereocenters. The smallest absolute Gasteiger partial charge is 0.340 e. The highest BCUT2D eigenvalue weighted by Gasteiger charge is 2.11. The second-order valence-electron chi connectivity index (χ2n) is 3.64. The number of carbonyl (C=O) groups excluding carboxylic acids is 1. The Kier molecular flexibility index (Phi) is 3.43. The van der Waals surface area contributed by atoms with Gasteiger partial charge in [0.15, 0.2) is 0 Å². The molecule has 2 aromatic rings. The van der Waals surface area contributed by atoms with E-state index < -0.39 is 5.97 Å². The van der Waals surface area contributed by atoms with Gasteiger partial charge in [-0.3, -0.25) is 0 Å². The van der Waals surface area contributed by atoms with Gasteiger partial charge in [0.2, 0.25) is 0 Å². The van der Waals surface area contributed by atoms with Crippen LogP contribution in [0.5, 0.6) is 0 Å². The molecule has 0 bridgehead atoms. The molecule has 0 unspecified atom stereocenters. The van der Waals surface area contributed by atoms with Crippen LogP contribution in [-0.2, 0) is 4.74 Å². The molecule has 0 saturated carbocycles. The Morgan fingerprint density at radius 3 is 2.72 bits per heavy atom. The van der Waals surface area contributed by atoms with E-state index in [4.69, 9.17) is 5.73 Å². The molecule has 0 saturated heterocycles. The van der Waals surface area contributed by atoms with Crippen LogP contribution in [0, 0.1) is 0 Å². The van der Waals surface area contributed by atoms with Gasteiger partial charge in [-0.1, -0.05) is 18.2 Å². The van der Waals surface area contributed by atoms with Crippen LogP contribution in [-0.4, -0.2) is 18.1 Å². The summed E-state index contributed by atoms with van der Waals surface area (Å²) in [5, 5.41) is 3.08. The van der Waals surface area contributed by atoms with Crippen LogP contribution in [0.3, 0.4) is 0 Å². The van der Waals surface area contributed by atoms with Crippen LogP contribution in [0.15, 0.2) is 42.6 Å². The van der Waals surface area contributed by atoms with E-state index in [0.29, 0.717) is 17.1 Å². The first kappa shape index (κ1) is 11.9. The second-order valence-corrected chi connectivity index (χ2v) is 3.64. The van der Waals surface area contributed by atoms with Crippen molar-refractivity contribution < 1.29 is 9.53 Å². The lowest BCUT2D eigenvalue weighted by molar-refractivity contribution is 0.0602. The van der Waals surface area contributed by atoms with Gasteiger partial charge in [-0.25, -0.2) is 9.78 Å². The number of benzene rings is 1. The number of methoxy groups -OCH3 is 1. The van der Waals surface area contributed by atoms with Gasteiger partial charge < -0.3 is 15.8 Å². The van der Waals surface area contributed by atoms with Gasteiger partial charge in [0.1, 0.15) is 5.82 Å². The van der Waals surface area contributed by atoms with Gasteiger partial charge in [0.25, 0.3) is 0 Å². The van der Waals surface area contributed by atoms with Crippen LogP contribution in [0.4, 0.5) is 17.2 Å². The molecular formula is C13H13N3O2. The number of hydrogen-bond donors (Lipinski definition) is 2. The Hall–Kier alpha value is -2.56. The lowest BCUT2D eigenvalue weighted by Gasteiger charge is -2.08. The van der Waals surface area contributed by atoms with E-state index in [0.717, 1.165) is 5.69 Å². The highest BCUT2D eigenvalue weighted by molar-refractivity contribution is 5.95. The van der Waals surface area contributed by atoms with E-state index in [1.807, 2.05) is 30.3 Å². The monoisotopic (exact) mass is 243 g/mol. The normalized spacial score (nSPS) is 9.83. The molecule has 0 aliphatic heterocycles. The van der Waals surface area contributed by atoms with Crippen LogP contribution >= 0.6 is 0 Å². The van der Waals surface area contributed by atoms with Gasteiger partial charge >= 0.3 is 5.97 Å². The van der Waals surface area contributed by atoms with Crippen molar-refractivity contribution in [3.63, 3.8) is 0 Å². The Bertz CT molecular complexity index is 555. The molecule has 1 aromatic heterocycles. The van der Waals surface area contributed by atoms with Crippen molar-refractivity contribution in [1.29, 1.82) is 0 Å². The number of ether oxygens (including phenoxy) is 1. The van der Waals surface area contributed by atoms with Crippen molar-refractivity contribution in [3.8, 4) is 0 Å². The van der Waals surface area contributed by atoms with Crippen molar-refractivity contribution >= 4 is 23.2 Å².